The molecule has 0 amide bonds. The van der Waals surface area contributed by atoms with Gasteiger partial charge >= 0.3 is 0 Å². The maximum absolute atomic E-state index is 4.17. The van der Waals surface area contributed by atoms with Crippen molar-refractivity contribution in [2.24, 2.45) is 5.10 Å². The summed E-state index contributed by atoms with van der Waals surface area (Å²) < 4.78 is 0. The van der Waals surface area contributed by atoms with Crippen LogP contribution >= 0.6 is 0 Å². The summed E-state index contributed by atoms with van der Waals surface area (Å²) in [5.74, 6) is 0. The van der Waals surface area contributed by atoms with Gasteiger partial charge in [0.2, 0.25) is 6.40 Å². The van der Waals surface area contributed by atoms with E-state index in [-0.39, 0.29) is 0 Å². The van der Waals surface area contributed by atoms with Crippen LogP contribution in [0.3, 0.4) is 0 Å². The highest BCUT2D eigenvalue weighted by atomic mass is 16.7. The van der Waals surface area contributed by atoms with Crippen molar-refractivity contribution in [1.29, 1.82) is 0 Å². The molecule has 0 aromatic carbocycles. The Morgan fingerprint density at radius 3 is 3.00 bits per heavy atom. The molecule has 1 N–H and O–H groups in total. The third kappa shape index (κ3) is 0.273. The molecule has 0 saturated heterocycles. The molecule has 0 saturated carbocycles. The molecule has 4 nitrogen and oxygen atoms in total. The lowest BCUT2D eigenvalue weighted by Gasteiger charge is -1.75. The molecule has 0 aromatic rings. The van der Waals surface area contributed by atoms with Crippen LogP contribution in [0.25, 0.3) is 0 Å². The third-order valence-corrected chi connectivity index (χ3v) is 0.251. The van der Waals surface area contributed by atoms with Gasteiger partial charge in [0, 0.05) is 0 Å². The summed E-state index contributed by atoms with van der Waals surface area (Å²) in [5.41, 5.74) is 5.31. The first-order valence-corrected chi connectivity index (χ1v) is 1.12. The second kappa shape index (κ2) is 0.898. The van der Waals surface area contributed by atoms with E-state index in [0.29, 0.717) is 0 Å². The van der Waals surface area contributed by atoms with Crippen molar-refractivity contribution in [3.63, 3.8) is 0 Å². The first-order valence-electron chi connectivity index (χ1n) is 1.12. The highest BCUT2D eigenvalue weighted by molar-refractivity contribution is 5.45. The zero-order valence-corrected chi connectivity index (χ0v) is 2.38. The molecular formula is CH2N3O. The van der Waals surface area contributed by atoms with Crippen molar-refractivity contribution in [2.45, 2.75) is 0 Å². The molecule has 0 fully saturated rings. The summed E-state index contributed by atoms with van der Waals surface area (Å²) in [6, 6.07) is 0. The third-order valence-electron chi connectivity index (χ3n) is 0.251. The molecule has 27 valence electrons. The molecule has 4 heteroatoms. The van der Waals surface area contributed by atoms with E-state index >= 15 is 0 Å². The van der Waals surface area contributed by atoms with Crippen molar-refractivity contribution in [1.82, 2.24) is 11.1 Å². The number of nitrogens with zero attached hydrogens (tertiary/aromatic N) is 2. The van der Waals surface area contributed by atoms with Gasteiger partial charge in [-0.25, -0.2) is 0 Å². The highest BCUT2D eigenvalue weighted by Gasteiger charge is 1.83. The number of nitrogens with one attached hydrogen (secondary N) is 1. The number of hydrazone groups is 1. The molecule has 0 atom stereocenters. The van der Waals surface area contributed by atoms with E-state index in [1.165, 1.54) is 6.40 Å². The lowest BCUT2D eigenvalue weighted by molar-refractivity contribution is 0.171. The van der Waals surface area contributed by atoms with Crippen molar-refractivity contribution < 1.29 is 4.84 Å². The second-order valence-electron chi connectivity index (χ2n) is 0.531. The Bertz CT molecular complexity index is 44.9. The molecule has 1 radical (unpaired) electrons. The molecule has 1 aliphatic rings. The molecule has 0 aromatic heterocycles. The minimum Gasteiger partial charge on any atom is -0.352 e. The molecule has 1 rings (SSSR count). The number of rotatable bonds is 0. The van der Waals surface area contributed by atoms with Crippen LogP contribution in [-0.2, 0) is 4.84 Å². The first-order chi connectivity index (χ1) is 2.50. The Kier molecular flexibility index (Phi) is 0.443. The Balaban J connectivity index is 2.32. The maximum Gasteiger partial charge on any atom is 0.224 e. The molecule has 5 heavy (non-hydrogen) atoms. The molecule has 1 aliphatic heterocycles. The van der Waals surface area contributed by atoms with Crippen LogP contribution in [0.2, 0.25) is 0 Å². The minimum atomic E-state index is 1.21. The average molecular weight is 72.0 g/mol. The lowest BCUT2D eigenvalue weighted by Crippen LogP contribution is -2.08. The summed E-state index contributed by atoms with van der Waals surface area (Å²) >= 11 is 0. The lowest BCUT2D eigenvalue weighted by atomic mass is 11.5. The fourth-order valence-corrected chi connectivity index (χ4v) is 0.118. The van der Waals surface area contributed by atoms with Gasteiger partial charge < -0.3 is 4.84 Å². The SMILES string of the molecule is C1=NN[N]O1. The van der Waals surface area contributed by atoms with Crippen molar-refractivity contribution in [3.8, 4) is 0 Å². The largest absolute Gasteiger partial charge is 0.352 e. The van der Waals surface area contributed by atoms with Crippen LogP contribution in [0, 0.1) is 0 Å². The topological polar surface area (TPSA) is 47.7 Å². The van der Waals surface area contributed by atoms with Crippen LogP contribution in [0.1, 0.15) is 0 Å². The Labute approximate surface area is 28.7 Å². The monoisotopic (exact) mass is 72.0 g/mol. The van der Waals surface area contributed by atoms with Gasteiger partial charge in [0.25, 0.3) is 0 Å². The van der Waals surface area contributed by atoms with Gasteiger partial charge in [-0.3, -0.25) is 0 Å². The first kappa shape index (κ1) is 2.47. The standard InChI is InChI=1S/CH2N3O/c1-2-3-4-5-1/h1,3H. The number of hydrogen-bond acceptors (Lipinski definition) is 3. The highest BCUT2D eigenvalue weighted by Crippen LogP contribution is 1.64. The summed E-state index contributed by atoms with van der Waals surface area (Å²) in [6.45, 7) is 0. The second-order valence-corrected chi connectivity index (χ2v) is 0.531. The quantitative estimate of drug-likeness (QED) is 0.398. The van der Waals surface area contributed by atoms with Gasteiger partial charge in [0.15, 0.2) is 0 Å². The van der Waals surface area contributed by atoms with Gasteiger partial charge in [0.1, 0.15) is 0 Å². The zero-order valence-electron chi connectivity index (χ0n) is 2.38. The fourth-order valence-electron chi connectivity index (χ4n) is 0.118. The van der Waals surface area contributed by atoms with Crippen LogP contribution < -0.4 is 11.1 Å². The summed E-state index contributed by atoms with van der Waals surface area (Å²) in [4.78, 5) is 4.17. The van der Waals surface area contributed by atoms with Gasteiger partial charge in [-0.15, -0.1) is 5.10 Å². The zero-order chi connectivity index (χ0) is 3.54. The summed E-state index contributed by atoms with van der Waals surface area (Å²) in [6.07, 6.45) is 1.21. The molecular weight excluding hydrogens is 70.0 g/mol. The molecule has 0 bridgehead atoms. The fraction of sp³-hybridized carbons (Fsp3) is 0. The van der Waals surface area contributed by atoms with Crippen LogP contribution in [-0.4, -0.2) is 6.40 Å². The Hall–Kier alpha value is -0.770. The van der Waals surface area contributed by atoms with Crippen molar-refractivity contribution >= 4 is 6.40 Å². The van der Waals surface area contributed by atoms with Gasteiger partial charge in [-0.05, 0) is 0 Å². The molecule has 0 unspecified atom stereocenters. The molecule has 1 heterocycles. The Morgan fingerprint density at radius 1 is 1.80 bits per heavy atom. The van der Waals surface area contributed by atoms with E-state index in [1.54, 1.807) is 0 Å². The maximum atomic E-state index is 4.17. The minimum absolute atomic E-state index is 1.21. The van der Waals surface area contributed by atoms with Crippen LogP contribution in [0.15, 0.2) is 5.10 Å². The summed E-state index contributed by atoms with van der Waals surface area (Å²) in [7, 11) is 0. The van der Waals surface area contributed by atoms with E-state index in [2.05, 4.69) is 21.1 Å². The van der Waals surface area contributed by atoms with E-state index in [0.717, 1.165) is 0 Å². The summed E-state index contributed by atoms with van der Waals surface area (Å²) in [5, 5.41) is 3.32. The predicted octanol–water partition coefficient (Wildman–Crippen LogP) is -1.02. The molecule has 0 spiro atoms. The van der Waals surface area contributed by atoms with Gasteiger partial charge in [0.05, 0.1) is 5.59 Å². The van der Waals surface area contributed by atoms with Crippen molar-refractivity contribution in [2.75, 3.05) is 0 Å². The molecule has 0 aliphatic carbocycles. The Morgan fingerprint density at radius 2 is 2.80 bits per heavy atom. The van der Waals surface area contributed by atoms with E-state index in [4.69, 9.17) is 0 Å². The van der Waals surface area contributed by atoms with Crippen LogP contribution in [0.4, 0.5) is 0 Å². The van der Waals surface area contributed by atoms with Crippen molar-refractivity contribution in [3.05, 3.63) is 0 Å². The normalized spacial score (nSPS) is 17.6. The predicted molar refractivity (Wildman–Crippen MR) is 14.8 cm³/mol. The number of hydrogen-bond donors (Lipinski definition) is 1. The van der Waals surface area contributed by atoms with Crippen LogP contribution in [0.5, 0.6) is 0 Å². The van der Waals surface area contributed by atoms with Gasteiger partial charge in [-0.2, -0.15) is 5.53 Å². The van der Waals surface area contributed by atoms with E-state index < -0.39 is 0 Å². The van der Waals surface area contributed by atoms with Gasteiger partial charge in [-0.1, -0.05) is 0 Å². The average Bonchev–Trinajstić information content (AvgIpc) is 1.76. The van der Waals surface area contributed by atoms with E-state index in [1.807, 2.05) is 0 Å². The smallest absolute Gasteiger partial charge is 0.224 e. The van der Waals surface area contributed by atoms with E-state index in [9.17, 15) is 0 Å².